The van der Waals surface area contributed by atoms with Gasteiger partial charge in [0, 0.05) is 31.1 Å². The van der Waals surface area contributed by atoms with Crippen LogP contribution >= 0.6 is 24.0 Å². The number of nitrogens with one attached hydrogen (secondary N) is 2. The lowest BCUT2D eigenvalue weighted by atomic mass is 9.96. The topological polar surface area (TPSA) is 49.6 Å². The maximum absolute atomic E-state index is 5.56. The molecule has 3 rings (SSSR count). The minimum atomic E-state index is 0. The normalized spacial score (nSPS) is 15.5. The van der Waals surface area contributed by atoms with Gasteiger partial charge in [0.1, 0.15) is 11.5 Å². The lowest BCUT2D eigenvalue weighted by molar-refractivity contribution is 0.500. The zero-order valence-electron chi connectivity index (χ0n) is 14.6. The number of aryl methyl sites for hydroxylation is 2. The van der Waals surface area contributed by atoms with Gasteiger partial charge in [0.2, 0.25) is 0 Å². The quantitative estimate of drug-likeness (QED) is 0.422. The molecule has 0 unspecified atom stereocenters. The third-order valence-corrected chi connectivity index (χ3v) is 4.65. The summed E-state index contributed by atoms with van der Waals surface area (Å²) in [5.74, 6) is 2.75. The van der Waals surface area contributed by atoms with Crippen LogP contribution in [-0.4, -0.2) is 19.6 Å². The molecule has 1 aromatic carbocycles. The van der Waals surface area contributed by atoms with Crippen LogP contribution in [0.1, 0.15) is 35.5 Å². The van der Waals surface area contributed by atoms with Gasteiger partial charge in [-0.2, -0.15) is 0 Å². The van der Waals surface area contributed by atoms with Gasteiger partial charge in [0.15, 0.2) is 5.96 Å². The molecule has 0 atom stereocenters. The van der Waals surface area contributed by atoms with E-state index in [0.717, 1.165) is 30.6 Å². The van der Waals surface area contributed by atoms with Crippen molar-refractivity contribution < 1.29 is 4.42 Å². The van der Waals surface area contributed by atoms with Crippen molar-refractivity contribution in [2.45, 2.75) is 38.6 Å². The van der Waals surface area contributed by atoms with E-state index in [1.54, 1.807) is 0 Å². The molecule has 0 bridgehead atoms. The Kier molecular flexibility index (Phi) is 6.32. The van der Waals surface area contributed by atoms with Crippen molar-refractivity contribution in [1.29, 1.82) is 0 Å². The lowest BCUT2D eigenvalue weighted by Crippen LogP contribution is -2.40. The first-order chi connectivity index (χ1) is 11.1. The molecule has 0 amide bonds. The van der Waals surface area contributed by atoms with Crippen LogP contribution < -0.4 is 10.6 Å². The Labute approximate surface area is 161 Å². The summed E-state index contributed by atoms with van der Waals surface area (Å²) in [5, 5.41) is 6.85. The van der Waals surface area contributed by atoms with E-state index < -0.39 is 0 Å². The Morgan fingerprint density at radius 3 is 2.42 bits per heavy atom. The maximum atomic E-state index is 5.56. The average Bonchev–Trinajstić information content (AvgIpc) is 3.28. The minimum absolute atomic E-state index is 0. The highest BCUT2D eigenvalue weighted by atomic mass is 127. The monoisotopic (exact) mass is 439 g/mol. The van der Waals surface area contributed by atoms with E-state index in [1.807, 2.05) is 20.9 Å². The standard InChI is InChI=1S/C19H25N3O.HI/c1-14-11-16(15(2)23-14)12-21-18(20-3)22-13-19(9-10-19)17-7-5-4-6-8-17;/h4-8,11H,9-10,12-13H2,1-3H3,(H2,20,21,22);1H. The summed E-state index contributed by atoms with van der Waals surface area (Å²) >= 11 is 0. The SMILES string of the molecule is CN=C(NCc1cc(C)oc1C)NCC1(c2ccccc2)CC1.I. The molecule has 1 aromatic heterocycles. The van der Waals surface area contributed by atoms with Crippen LogP contribution in [0.15, 0.2) is 45.8 Å². The molecule has 130 valence electrons. The van der Waals surface area contributed by atoms with Crippen LogP contribution in [0.4, 0.5) is 0 Å². The zero-order valence-corrected chi connectivity index (χ0v) is 16.9. The molecule has 1 aliphatic carbocycles. The molecule has 0 saturated heterocycles. The number of hydrogen-bond acceptors (Lipinski definition) is 2. The highest BCUT2D eigenvalue weighted by Gasteiger charge is 2.43. The fraction of sp³-hybridized carbons (Fsp3) is 0.421. The predicted octanol–water partition coefficient (Wildman–Crippen LogP) is 3.91. The van der Waals surface area contributed by atoms with Gasteiger partial charge >= 0.3 is 0 Å². The summed E-state index contributed by atoms with van der Waals surface area (Å²) in [6.07, 6.45) is 2.47. The highest BCUT2D eigenvalue weighted by Crippen LogP contribution is 2.47. The molecular weight excluding hydrogens is 413 g/mol. The molecule has 2 aromatic rings. The maximum Gasteiger partial charge on any atom is 0.191 e. The van der Waals surface area contributed by atoms with Crippen LogP contribution in [0.25, 0.3) is 0 Å². The molecule has 1 fully saturated rings. The summed E-state index contributed by atoms with van der Waals surface area (Å²) in [6.45, 7) is 5.61. The number of rotatable bonds is 5. The Balaban J connectivity index is 0.00000208. The Morgan fingerprint density at radius 1 is 1.17 bits per heavy atom. The Morgan fingerprint density at radius 2 is 1.88 bits per heavy atom. The van der Waals surface area contributed by atoms with E-state index in [-0.39, 0.29) is 29.4 Å². The molecule has 24 heavy (non-hydrogen) atoms. The van der Waals surface area contributed by atoms with E-state index in [1.165, 1.54) is 24.0 Å². The Hall–Kier alpha value is -1.50. The van der Waals surface area contributed by atoms with Crippen LogP contribution in [0.5, 0.6) is 0 Å². The predicted molar refractivity (Wildman–Crippen MR) is 109 cm³/mol. The summed E-state index contributed by atoms with van der Waals surface area (Å²) in [4.78, 5) is 4.33. The van der Waals surface area contributed by atoms with Crippen molar-refractivity contribution >= 4 is 29.9 Å². The van der Waals surface area contributed by atoms with E-state index in [0.29, 0.717) is 0 Å². The van der Waals surface area contributed by atoms with Crippen molar-refractivity contribution in [1.82, 2.24) is 10.6 Å². The highest BCUT2D eigenvalue weighted by molar-refractivity contribution is 14.0. The van der Waals surface area contributed by atoms with E-state index in [4.69, 9.17) is 4.42 Å². The number of hydrogen-bond donors (Lipinski definition) is 2. The number of furan rings is 1. The fourth-order valence-electron chi connectivity index (χ4n) is 3.02. The van der Waals surface area contributed by atoms with Crippen LogP contribution in [-0.2, 0) is 12.0 Å². The van der Waals surface area contributed by atoms with Gasteiger partial charge in [-0.25, -0.2) is 0 Å². The molecule has 5 heteroatoms. The van der Waals surface area contributed by atoms with Crippen molar-refractivity contribution in [2.24, 2.45) is 4.99 Å². The number of nitrogens with zero attached hydrogens (tertiary/aromatic N) is 1. The molecule has 1 saturated carbocycles. The molecule has 1 heterocycles. The molecular formula is C19H26IN3O. The first-order valence-electron chi connectivity index (χ1n) is 8.19. The molecule has 0 spiro atoms. The van der Waals surface area contributed by atoms with Gasteiger partial charge in [0.05, 0.1) is 0 Å². The Bertz CT molecular complexity index is 690. The number of guanidine groups is 1. The van der Waals surface area contributed by atoms with E-state index in [2.05, 4.69) is 52.0 Å². The second-order valence-electron chi connectivity index (χ2n) is 6.36. The van der Waals surface area contributed by atoms with Crippen molar-refractivity contribution in [3.63, 3.8) is 0 Å². The number of halogens is 1. The number of aliphatic imine (C=N–C) groups is 1. The third-order valence-electron chi connectivity index (χ3n) is 4.65. The summed E-state index contributed by atoms with van der Waals surface area (Å²) in [5.41, 5.74) is 2.87. The summed E-state index contributed by atoms with van der Waals surface area (Å²) in [6, 6.07) is 12.8. The second-order valence-corrected chi connectivity index (χ2v) is 6.36. The summed E-state index contributed by atoms with van der Waals surface area (Å²) in [7, 11) is 1.81. The van der Waals surface area contributed by atoms with Gasteiger partial charge in [-0.15, -0.1) is 24.0 Å². The lowest BCUT2D eigenvalue weighted by Gasteiger charge is -2.19. The fourth-order valence-corrected chi connectivity index (χ4v) is 3.02. The molecule has 2 N–H and O–H groups in total. The van der Waals surface area contributed by atoms with Gasteiger partial charge in [0.25, 0.3) is 0 Å². The van der Waals surface area contributed by atoms with Gasteiger partial charge < -0.3 is 15.1 Å². The van der Waals surface area contributed by atoms with Crippen molar-refractivity contribution in [2.75, 3.05) is 13.6 Å². The molecule has 4 nitrogen and oxygen atoms in total. The average molecular weight is 439 g/mol. The van der Waals surface area contributed by atoms with E-state index in [9.17, 15) is 0 Å². The minimum Gasteiger partial charge on any atom is -0.466 e. The van der Waals surface area contributed by atoms with Crippen molar-refractivity contribution in [3.8, 4) is 0 Å². The van der Waals surface area contributed by atoms with Gasteiger partial charge in [-0.05, 0) is 38.3 Å². The second kappa shape index (κ2) is 8.05. The molecule has 1 aliphatic rings. The first kappa shape index (κ1) is 18.8. The molecule has 0 radical (unpaired) electrons. The smallest absolute Gasteiger partial charge is 0.191 e. The number of benzene rings is 1. The van der Waals surface area contributed by atoms with Crippen LogP contribution in [0, 0.1) is 13.8 Å². The largest absolute Gasteiger partial charge is 0.466 e. The van der Waals surface area contributed by atoms with Crippen molar-refractivity contribution in [3.05, 3.63) is 59.0 Å². The van der Waals surface area contributed by atoms with E-state index >= 15 is 0 Å². The van der Waals surface area contributed by atoms with Gasteiger partial charge in [-0.3, -0.25) is 4.99 Å². The summed E-state index contributed by atoms with van der Waals surface area (Å²) < 4.78 is 5.56. The zero-order chi connectivity index (χ0) is 16.3. The molecule has 0 aliphatic heterocycles. The third kappa shape index (κ3) is 4.32. The first-order valence-corrected chi connectivity index (χ1v) is 8.19. The van der Waals surface area contributed by atoms with Crippen LogP contribution in [0.2, 0.25) is 0 Å². The van der Waals surface area contributed by atoms with Crippen LogP contribution in [0.3, 0.4) is 0 Å². The van der Waals surface area contributed by atoms with Gasteiger partial charge in [-0.1, -0.05) is 30.3 Å².